The van der Waals surface area contributed by atoms with Crippen molar-refractivity contribution >= 4 is 5.78 Å². The van der Waals surface area contributed by atoms with Crippen molar-refractivity contribution in [2.75, 3.05) is 19.6 Å². The van der Waals surface area contributed by atoms with Crippen molar-refractivity contribution in [2.45, 2.75) is 56.8 Å². The van der Waals surface area contributed by atoms with Crippen LogP contribution in [0, 0.1) is 17.3 Å². The maximum absolute atomic E-state index is 13.4. The molecule has 128 valence electrons. The Hall–Kier alpha value is -1.15. The van der Waals surface area contributed by atoms with Crippen LogP contribution in [0.15, 0.2) is 30.3 Å². The van der Waals surface area contributed by atoms with Crippen LogP contribution < -0.4 is 4.90 Å². The summed E-state index contributed by atoms with van der Waals surface area (Å²) in [6.07, 6.45) is 10.2. The first-order valence-corrected chi connectivity index (χ1v) is 10.1. The van der Waals surface area contributed by atoms with Gasteiger partial charge in [0, 0.05) is 18.3 Å². The number of carbonyl (C=O) groups is 1. The van der Waals surface area contributed by atoms with Crippen molar-refractivity contribution in [3.05, 3.63) is 35.9 Å². The van der Waals surface area contributed by atoms with E-state index < -0.39 is 0 Å². The van der Waals surface area contributed by atoms with Crippen LogP contribution in [-0.2, 0) is 10.2 Å². The summed E-state index contributed by atoms with van der Waals surface area (Å²) in [7, 11) is 0. The fourth-order valence-electron chi connectivity index (χ4n) is 7.18. The Morgan fingerprint density at radius 1 is 1.00 bits per heavy atom. The van der Waals surface area contributed by atoms with E-state index in [-0.39, 0.29) is 5.41 Å². The third kappa shape index (κ3) is 2.29. The SMILES string of the molecule is O=C(C[NH+]1CCCC1)C12C[C@H]3C[C@@H](C1)CC(c1ccccc1)(C3)C2. The molecule has 0 aromatic heterocycles. The first-order chi connectivity index (χ1) is 11.7. The molecule has 4 bridgehead atoms. The van der Waals surface area contributed by atoms with Crippen molar-refractivity contribution in [1.82, 2.24) is 0 Å². The predicted molar refractivity (Wildman–Crippen MR) is 95.0 cm³/mol. The summed E-state index contributed by atoms with van der Waals surface area (Å²) < 4.78 is 0. The fourth-order valence-corrected chi connectivity index (χ4v) is 7.18. The number of quaternary nitrogens is 1. The van der Waals surface area contributed by atoms with E-state index >= 15 is 0 Å². The normalized spacial score (nSPS) is 41.0. The molecule has 2 nitrogen and oxygen atoms in total. The minimum absolute atomic E-state index is 0.0233. The average molecular weight is 324 g/mol. The van der Waals surface area contributed by atoms with Gasteiger partial charge in [0.2, 0.25) is 0 Å². The summed E-state index contributed by atoms with van der Waals surface area (Å²) in [5.74, 6) is 2.21. The lowest BCUT2D eigenvalue weighted by Crippen LogP contribution is -3.11. The van der Waals surface area contributed by atoms with Gasteiger partial charge in [0.05, 0.1) is 13.1 Å². The van der Waals surface area contributed by atoms with Crippen molar-refractivity contribution in [1.29, 1.82) is 0 Å². The Morgan fingerprint density at radius 2 is 1.67 bits per heavy atom. The molecular weight excluding hydrogens is 294 g/mol. The molecule has 2 unspecified atom stereocenters. The largest absolute Gasteiger partial charge is 0.329 e. The van der Waals surface area contributed by atoms with Crippen molar-refractivity contribution in [3.63, 3.8) is 0 Å². The van der Waals surface area contributed by atoms with Crippen LogP contribution in [-0.4, -0.2) is 25.4 Å². The van der Waals surface area contributed by atoms with Crippen molar-refractivity contribution < 1.29 is 9.69 Å². The molecule has 6 rings (SSSR count). The number of nitrogens with one attached hydrogen (secondary N) is 1. The molecule has 1 N–H and O–H groups in total. The molecule has 4 saturated carbocycles. The number of hydrogen-bond donors (Lipinski definition) is 1. The van der Waals surface area contributed by atoms with Gasteiger partial charge in [-0.1, -0.05) is 30.3 Å². The van der Waals surface area contributed by atoms with Gasteiger partial charge in [0.15, 0.2) is 5.78 Å². The molecule has 0 radical (unpaired) electrons. The number of carbonyl (C=O) groups excluding carboxylic acids is 1. The van der Waals surface area contributed by atoms with Crippen molar-refractivity contribution in [2.24, 2.45) is 17.3 Å². The molecule has 5 aliphatic rings. The highest BCUT2D eigenvalue weighted by molar-refractivity contribution is 5.86. The standard InChI is InChI=1S/C22H29NO/c24-20(15-23-8-4-5-9-23)22-13-17-10-18(14-22)12-21(11-17,16-22)19-6-2-1-3-7-19/h1-3,6-7,17-18H,4-5,8-16H2/p+1/t17-,18+,21?,22?. The second kappa shape index (κ2) is 5.42. The van der Waals surface area contributed by atoms with Gasteiger partial charge in [-0.3, -0.25) is 4.79 Å². The second-order valence-corrected chi connectivity index (χ2v) is 9.44. The maximum Gasteiger partial charge on any atom is 0.192 e. The van der Waals surface area contributed by atoms with Crippen LogP contribution in [0.5, 0.6) is 0 Å². The van der Waals surface area contributed by atoms with Gasteiger partial charge in [-0.2, -0.15) is 0 Å². The lowest BCUT2D eigenvalue weighted by molar-refractivity contribution is -0.879. The summed E-state index contributed by atoms with van der Waals surface area (Å²) in [6, 6.07) is 11.2. The van der Waals surface area contributed by atoms with E-state index in [4.69, 9.17) is 0 Å². The summed E-state index contributed by atoms with van der Waals surface area (Å²) in [4.78, 5) is 15.0. The first kappa shape index (κ1) is 15.1. The number of ketones is 1. The molecular formula is C22H30NO+. The minimum atomic E-state index is 0.0233. The zero-order valence-electron chi connectivity index (χ0n) is 14.7. The molecule has 0 spiro atoms. The van der Waals surface area contributed by atoms with Crippen LogP contribution in [0.4, 0.5) is 0 Å². The third-order valence-electron chi connectivity index (χ3n) is 7.76. The third-order valence-corrected chi connectivity index (χ3v) is 7.76. The highest BCUT2D eigenvalue weighted by Gasteiger charge is 2.61. The summed E-state index contributed by atoms with van der Waals surface area (Å²) in [6.45, 7) is 3.25. The second-order valence-electron chi connectivity index (χ2n) is 9.44. The zero-order chi connectivity index (χ0) is 16.2. The highest BCUT2D eigenvalue weighted by atomic mass is 16.1. The summed E-state index contributed by atoms with van der Waals surface area (Å²) in [5, 5.41) is 0. The van der Waals surface area contributed by atoms with Gasteiger partial charge >= 0.3 is 0 Å². The van der Waals surface area contributed by atoms with Crippen LogP contribution >= 0.6 is 0 Å². The number of likely N-dealkylation sites (tertiary alicyclic amines) is 1. The van der Waals surface area contributed by atoms with E-state index in [2.05, 4.69) is 30.3 Å². The summed E-state index contributed by atoms with van der Waals surface area (Å²) >= 11 is 0. The van der Waals surface area contributed by atoms with E-state index in [0.717, 1.165) is 24.8 Å². The Bertz CT molecular complexity index is 617. The van der Waals surface area contributed by atoms with E-state index in [1.807, 2.05) is 0 Å². The fraction of sp³-hybridized carbons (Fsp3) is 0.682. The maximum atomic E-state index is 13.4. The molecule has 4 aliphatic carbocycles. The number of benzene rings is 1. The van der Waals surface area contributed by atoms with E-state index in [0.29, 0.717) is 11.2 Å². The number of rotatable bonds is 4. The van der Waals surface area contributed by atoms with Gasteiger partial charge in [-0.15, -0.1) is 0 Å². The average Bonchev–Trinajstić information content (AvgIpc) is 3.07. The monoisotopic (exact) mass is 324 g/mol. The Kier molecular flexibility index (Phi) is 3.42. The molecule has 4 atom stereocenters. The predicted octanol–water partition coefficient (Wildman–Crippen LogP) is 2.77. The lowest BCUT2D eigenvalue weighted by atomic mass is 9.42. The molecule has 1 aliphatic heterocycles. The van der Waals surface area contributed by atoms with Gasteiger partial charge < -0.3 is 4.90 Å². The van der Waals surface area contributed by atoms with E-state index in [9.17, 15) is 4.79 Å². The molecule has 24 heavy (non-hydrogen) atoms. The Balaban J connectivity index is 1.46. The van der Waals surface area contributed by atoms with Gasteiger partial charge in [0.25, 0.3) is 0 Å². The number of hydrogen-bond acceptors (Lipinski definition) is 1. The molecule has 1 heterocycles. The van der Waals surface area contributed by atoms with E-state index in [1.54, 1.807) is 4.90 Å². The molecule has 1 aromatic carbocycles. The quantitative estimate of drug-likeness (QED) is 0.903. The number of Topliss-reactive ketones (excluding diaryl/α,β-unsaturated/α-hetero) is 1. The van der Waals surface area contributed by atoms with Crippen LogP contribution in [0.25, 0.3) is 0 Å². The van der Waals surface area contributed by atoms with Gasteiger partial charge in [-0.25, -0.2) is 0 Å². The molecule has 2 heteroatoms. The molecule has 1 aromatic rings. The minimum Gasteiger partial charge on any atom is -0.329 e. The topological polar surface area (TPSA) is 21.5 Å². The zero-order valence-corrected chi connectivity index (χ0v) is 14.7. The van der Waals surface area contributed by atoms with E-state index in [1.165, 1.54) is 63.6 Å². The Labute approximate surface area is 145 Å². The summed E-state index contributed by atoms with van der Waals surface area (Å²) in [5.41, 5.74) is 1.85. The molecule has 1 saturated heterocycles. The van der Waals surface area contributed by atoms with Crippen LogP contribution in [0.1, 0.15) is 56.9 Å². The first-order valence-electron chi connectivity index (χ1n) is 10.1. The smallest absolute Gasteiger partial charge is 0.192 e. The van der Waals surface area contributed by atoms with Gasteiger partial charge in [0.1, 0.15) is 6.54 Å². The molecule has 5 fully saturated rings. The van der Waals surface area contributed by atoms with Crippen LogP contribution in [0.3, 0.4) is 0 Å². The van der Waals surface area contributed by atoms with Crippen LogP contribution in [0.2, 0.25) is 0 Å². The van der Waals surface area contributed by atoms with Gasteiger partial charge in [-0.05, 0) is 61.3 Å². The highest BCUT2D eigenvalue weighted by Crippen LogP contribution is 2.65. The lowest BCUT2D eigenvalue weighted by Gasteiger charge is -2.61. The Morgan fingerprint density at radius 3 is 2.33 bits per heavy atom. The molecule has 0 amide bonds. The van der Waals surface area contributed by atoms with Crippen molar-refractivity contribution in [3.8, 4) is 0 Å².